The molecule has 29 heavy (non-hydrogen) atoms. The van der Waals surface area contributed by atoms with Gasteiger partial charge in [-0.3, -0.25) is 4.98 Å². The van der Waals surface area contributed by atoms with Gasteiger partial charge in [-0.1, -0.05) is 12.8 Å². The van der Waals surface area contributed by atoms with Gasteiger partial charge < -0.3 is 14.5 Å². The third-order valence-corrected chi connectivity index (χ3v) is 5.21. The number of hydrogen-bond donors (Lipinski definition) is 2. The zero-order valence-corrected chi connectivity index (χ0v) is 17.7. The molecule has 3 rings (SSSR count). The van der Waals surface area contributed by atoms with Crippen LogP contribution >= 0.6 is 0 Å². The van der Waals surface area contributed by atoms with E-state index in [2.05, 4.69) is 19.7 Å². The Morgan fingerprint density at radius 1 is 1.17 bits per heavy atom. The number of sulfonamides is 1. The molecule has 0 unspecified atom stereocenters. The van der Waals surface area contributed by atoms with Gasteiger partial charge in [0, 0.05) is 24.6 Å². The minimum Gasteiger partial charge on any atom is -0.494 e. The van der Waals surface area contributed by atoms with Gasteiger partial charge in [-0.15, -0.1) is 0 Å². The monoisotopic (exact) mass is 420 g/mol. The summed E-state index contributed by atoms with van der Waals surface area (Å²) in [5.41, 5.74) is 2.63. The lowest BCUT2D eigenvalue weighted by Gasteiger charge is -2.07. The number of nitrogens with zero attached hydrogens (tertiary/aromatic N) is 2. The molecule has 2 aromatic heterocycles. The molecule has 0 aliphatic heterocycles. The molecule has 9 heteroatoms. The van der Waals surface area contributed by atoms with E-state index in [1.807, 2.05) is 25.1 Å². The van der Waals surface area contributed by atoms with Gasteiger partial charge >= 0.3 is 0 Å². The first-order chi connectivity index (χ1) is 14.0. The highest BCUT2D eigenvalue weighted by Gasteiger charge is 2.09. The van der Waals surface area contributed by atoms with Crippen LogP contribution in [-0.4, -0.2) is 49.4 Å². The van der Waals surface area contributed by atoms with Crippen molar-refractivity contribution in [2.45, 2.75) is 39.2 Å². The van der Waals surface area contributed by atoms with Crippen LogP contribution in [0.4, 0.5) is 0 Å². The van der Waals surface area contributed by atoms with Crippen molar-refractivity contribution in [1.82, 2.24) is 19.7 Å². The SMILES string of the molecule is CCOCc1nc2c(cnc3cc(OCCCCCCNS(C)(=O)=O)ccc32)[nH]1. The van der Waals surface area contributed by atoms with Crippen LogP contribution in [0.15, 0.2) is 24.4 Å². The minimum atomic E-state index is -3.09. The van der Waals surface area contributed by atoms with Crippen LogP contribution in [0, 0.1) is 0 Å². The zero-order valence-electron chi connectivity index (χ0n) is 16.9. The molecule has 0 aliphatic rings. The molecule has 0 amide bonds. The maximum Gasteiger partial charge on any atom is 0.208 e. The van der Waals surface area contributed by atoms with Gasteiger partial charge in [0.2, 0.25) is 10.0 Å². The highest BCUT2D eigenvalue weighted by Crippen LogP contribution is 2.25. The number of rotatable bonds is 12. The average Bonchev–Trinajstić information content (AvgIpc) is 3.10. The predicted molar refractivity (Wildman–Crippen MR) is 114 cm³/mol. The van der Waals surface area contributed by atoms with Crippen molar-refractivity contribution < 1.29 is 17.9 Å². The standard InChI is InChI=1S/C20H28N4O4S/c1-3-27-14-19-23-18-13-21-17-12-15(8-9-16(17)20(18)24-19)28-11-7-5-4-6-10-22-29(2,25)26/h8-9,12-13,22H,3-7,10-11,14H2,1-2H3,(H,23,24). The fourth-order valence-electron chi connectivity index (χ4n) is 3.07. The third-order valence-electron chi connectivity index (χ3n) is 4.48. The number of aromatic amines is 1. The van der Waals surface area contributed by atoms with E-state index in [0.717, 1.165) is 59.2 Å². The summed E-state index contributed by atoms with van der Waals surface area (Å²) in [6.45, 7) is 4.17. The lowest BCUT2D eigenvalue weighted by atomic mass is 10.2. The molecule has 158 valence electrons. The lowest BCUT2D eigenvalue weighted by Crippen LogP contribution is -2.22. The number of nitrogens with one attached hydrogen (secondary N) is 2. The zero-order chi connectivity index (χ0) is 20.7. The Morgan fingerprint density at radius 2 is 2.00 bits per heavy atom. The summed E-state index contributed by atoms with van der Waals surface area (Å²) in [6, 6.07) is 5.86. The smallest absolute Gasteiger partial charge is 0.208 e. The van der Waals surface area contributed by atoms with E-state index in [4.69, 9.17) is 9.47 Å². The Kier molecular flexibility index (Phi) is 7.40. The molecule has 3 aromatic rings. The summed E-state index contributed by atoms with van der Waals surface area (Å²) in [7, 11) is -3.09. The van der Waals surface area contributed by atoms with E-state index in [0.29, 0.717) is 26.4 Å². The number of imidazole rings is 1. The largest absolute Gasteiger partial charge is 0.494 e. The molecule has 8 nitrogen and oxygen atoms in total. The second kappa shape index (κ2) is 10.00. The van der Waals surface area contributed by atoms with Crippen molar-refractivity contribution in [3.05, 3.63) is 30.2 Å². The second-order valence-corrected chi connectivity index (χ2v) is 8.78. The maximum absolute atomic E-state index is 11.0. The first-order valence-corrected chi connectivity index (χ1v) is 11.8. The van der Waals surface area contributed by atoms with E-state index in [9.17, 15) is 8.42 Å². The first kappa shape index (κ1) is 21.5. The summed E-state index contributed by atoms with van der Waals surface area (Å²) in [4.78, 5) is 12.4. The van der Waals surface area contributed by atoms with Gasteiger partial charge in [-0.05, 0) is 31.9 Å². The minimum absolute atomic E-state index is 0.457. The highest BCUT2D eigenvalue weighted by atomic mass is 32.2. The van der Waals surface area contributed by atoms with Gasteiger partial charge in [-0.2, -0.15) is 0 Å². The number of pyridine rings is 1. The molecule has 0 bridgehead atoms. The van der Waals surface area contributed by atoms with Gasteiger partial charge in [0.05, 0.1) is 35.6 Å². The van der Waals surface area contributed by atoms with E-state index in [1.165, 1.54) is 6.26 Å². The van der Waals surface area contributed by atoms with Crippen molar-refractivity contribution in [2.75, 3.05) is 26.0 Å². The van der Waals surface area contributed by atoms with E-state index < -0.39 is 10.0 Å². The normalized spacial score (nSPS) is 12.1. The third kappa shape index (κ3) is 6.38. The van der Waals surface area contributed by atoms with Crippen molar-refractivity contribution in [1.29, 1.82) is 0 Å². The number of fused-ring (bicyclic) bond motifs is 3. The second-order valence-electron chi connectivity index (χ2n) is 6.95. The molecule has 0 aliphatic carbocycles. The van der Waals surface area contributed by atoms with Gasteiger partial charge in [-0.25, -0.2) is 18.1 Å². The molecule has 0 fully saturated rings. The van der Waals surface area contributed by atoms with Crippen LogP contribution in [0.1, 0.15) is 38.4 Å². The molecule has 0 atom stereocenters. The molecule has 0 spiro atoms. The number of H-pyrrole nitrogens is 1. The van der Waals surface area contributed by atoms with Crippen LogP contribution in [0.5, 0.6) is 5.75 Å². The number of aromatic nitrogens is 3. The number of unbranched alkanes of at least 4 members (excludes halogenated alkanes) is 3. The topological polar surface area (TPSA) is 106 Å². The molecule has 1 aromatic carbocycles. The summed E-state index contributed by atoms with van der Waals surface area (Å²) in [5.74, 6) is 1.58. The quantitative estimate of drug-likeness (QED) is 0.436. The molecule has 2 heterocycles. The van der Waals surface area contributed by atoms with Crippen molar-refractivity contribution >= 4 is 32.0 Å². The van der Waals surface area contributed by atoms with E-state index in [-0.39, 0.29) is 0 Å². The Morgan fingerprint density at radius 3 is 2.79 bits per heavy atom. The Labute approximate surface area is 171 Å². The molecule has 0 radical (unpaired) electrons. The number of ether oxygens (including phenoxy) is 2. The summed E-state index contributed by atoms with van der Waals surface area (Å²) >= 11 is 0. The Balaban J connectivity index is 1.50. The van der Waals surface area contributed by atoms with E-state index in [1.54, 1.807) is 6.20 Å². The van der Waals surface area contributed by atoms with Crippen molar-refractivity contribution in [3.63, 3.8) is 0 Å². The van der Waals surface area contributed by atoms with Gasteiger partial charge in [0.25, 0.3) is 0 Å². The van der Waals surface area contributed by atoms with Crippen LogP contribution < -0.4 is 9.46 Å². The van der Waals surface area contributed by atoms with Crippen LogP contribution in [0.25, 0.3) is 21.9 Å². The van der Waals surface area contributed by atoms with Crippen LogP contribution in [0.3, 0.4) is 0 Å². The van der Waals surface area contributed by atoms with Crippen LogP contribution in [-0.2, 0) is 21.4 Å². The molecule has 0 saturated heterocycles. The first-order valence-electron chi connectivity index (χ1n) is 9.89. The van der Waals surface area contributed by atoms with Crippen LogP contribution in [0.2, 0.25) is 0 Å². The lowest BCUT2D eigenvalue weighted by molar-refractivity contribution is 0.129. The predicted octanol–water partition coefficient (Wildman–Crippen LogP) is 3.14. The van der Waals surface area contributed by atoms with Crippen molar-refractivity contribution in [2.24, 2.45) is 0 Å². The Bertz CT molecular complexity index is 1050. The fraction of sp³-hybridized carbons (Fsp3) is 0.500. The average molecular weight is 421 g/mol. The van der Waals surface area contributed by atoms with Gasteiger partial charge in [0.15, 0.2) is 0 Å². The fourth-order valence-corrected chi connectivity index (χ4v) is 3.59. The summed E-state index contributed by atoms with van der Waals surface area (Å²) < 4.78 is 35.7. The number of benzene rings is 1. The van der Waals surface area contributed by atoms with Crippen molar-refractivity contribution in [3.8, 4) is 5.75 Å². The molecule has 2 N–H and O–H groups in total. The molecular formula is C20H28N4O4S. The molecule has 0 saturated carbocycles. The number of hydrogen-bond acceptors (Lipinski definition) is 6. The summed E-state index contributed by atoms with van der Waals surface area (Å²) in [5, 5.41) is 0.979. The van der Waals surface area contributed by atoms with E-state index >= 15 is 0 Å². The highest BCUT2D eigenvalue weighted by molar-refractivity contribution is 7.88. The Hall–Kier alpha value is -2.23. The summed E-state index contributed by atoms with van der Waals surface area (Å²) in [6.07, 6.45) is 6.67. The molecular weight excluding hydrogens is 392 g/mol. The van der Waals surface area contributed by atoms with Gasteiger partial charge in [0.1, 0.15) is 18.2 Å². The maximum atomic E-state index is 11.0.